The predicted octanol–water partition coefficient (Wildman–Crippen LogP) is 3.59. The van der Waals surface area contributed by atoms with Crippen molar-refractivity contribution in [2.24, 2.45) is 5.92 Å². The van der Waals surface area contributed by atoms with Gasteiger partial charge in [0.05, 0.1) is 19.8 Å². The number of ether oxygens (including phenoxy) is 3. The maximum Gasteiger partial charge on any atom is 0.336 e. The van der Waals surface area contributed by atoms with E-state index in [0.717, 1.165) is 0 Å². The second-order valence-corrected chi connectivity index (χ2v) is 6.81. The van der Waals surface area contributed by atoms with Crippen molar-refractivity contribution in [1.29, 1.82) is 0 Å². The van der Waals surface area contributed by atoms with Gasteiger partial charge >= 0.3 is 11.6 Å². The number of carbonyl (C=O) groups is 2. The van der Waals surface area contributed by atoms with Crippen LogP contribution in [0.3, 0.4) is 0 Å². The van der Waals surface area contributed by atoms with Gasteiger partial charge in [-0.05, 0) is 30.5 Å². The highest BCUT2D eigenvalue weighted by Gasteiger charge is 2.33. The first-order chi connectivity index (χ1) is 13.2. The molecule has 1 aromatic carbocycles. The Kier molecular flexibility index (Phi) is 6.62. The summed E-state index contributed by atoms with van der Waals surface area (Å²) in [4.78, 5) is 37.1. The van der Waals surface area contributed by atoms with Gasteiger partial charge in [-0.25, -0.2) is 4.79 Å². The van der Waals surface area contributed by atoms with E-state index >= 15 is 0 Å². The number of Topliss-reactive ketones (excluding diaryl/α,β-unsaturated/α-hetero) is 1. The first kappa shape index (κ1) is 21.2. The molecule has 28 heavy (non-hydrogen) atoms. The Balaban J connectivity index is 2.80. The molecule has 2 rings (SSSR count). The summed E-state index contributed by atoms with van der Waals surface area (Å²) in [6.07, 6.45) is -1.27. The van der Waals surface area contributed by atoms with Gasteiger partial charge in [-0.1, -0.05) is 20.4 Å². The van der Waals surface area contributed by atoms with Crippen molar-refractivity contribution >= 4 is 22.7 Å². The van der Waals surface area contributed by atoms with Crippen LogP contribution in [0.1, 0.15) is 38.9 Å². The monoisotopic (exact) mass is 388 g/mol. The van der Waals surface area contributed by atoms with Crippen LogP contribution in [-0.2, 0) is 14.3 Å². The lowest BCUT2D eigenvalue weighted by Crippen LogP contribution is -2.22. The molecule has 0 saturated carbocycles. The molecule has 0 aliphatic heterocycles. The Labute approximate surface area is 162 Å². The molecule has 0 N–H and O–H groups in total. The molecule has 1 aromatic heterocycles. The van der Waals surface area contributed by atoms with Gasteiger partial charge in [-0.3, -0.25) is 9.59 Å². The minimum atomic E-state index is -1.39. The summed E-state index contributed by atoms with van der Waals surface area (Å²) in [5, 5.41) is 0.492. The molecular formula is C21H24O7. The van der Waals surface area contributed by atoms with E-state index in [1.165, 1.54) is 33.3 Å². The van der Waals surface area contributed by atoms with Gasteiger partial charge in [0, 0.05) is 17.9 Å². The van der Waals surface area contributed by atoms with Gasteiger partial charge in [-0.2, -0.15) is 0 Å². The highest BCUT2D eigenvalue weighted by Crippen LogP contribution is 2.42. The topological polar surface area (TPSA) is 92.0 Å². The SMILES string of the molecule is C=C(C)C(=O)C(OC(=O)CC(C)C)c1c(OC)c(OC)cc2ccc(=O)oc12. The summed E-state index contributed by atoms with van der Waals surface area (Å²) >= 11 is 0. The lowest BCUT2D eigenvalue weighted by molar-refractivity contribution is -0.155. The van der Waals surface area contributed by atoms with Crippen LogP contribution >= 0.6 is 0 Å². The number of ketones is 1. The first-order valence-electron chi connectivity index (χ1n) is 8.77. The van der Waals surface area contributed by atoms with Crippen LogP contribution < -0.4 is 15.1 Å². The third kappa shape index (κ3) is 4.42. The number of fused-ring (bicyclic) bond motifs is 1. The van der Waals surface area contributed by atoms with Gasteiger partial charge in [0.25, 0.3) is 0 Å². The maximum absolute atomic E-state index is 12.9. The van der Waals surface area contributed by atoms with Crippen molar-refractivity contribution in [1.82, 2.24) is 0 Å². The van der Waals surface area contributed by atoms with Crippen LogP contribution in [0.2, 0.25) is 0 Å². The number of hydrogen-bond acceptors (Lipinski definition) is 7. The summed E-state index contributed by atoms with van der Waals surface area (Å²) in [6.45, 7) is 8.89. The number of rotatable bonds is 8. The van der Waals surface area contributed by atoms with E-state index in [1.54, 1.807) is 6.07 Å². The van der Waals surface area contributed by atoms with Crippen molar-refractivity contribution in [3.05, 3.63) is 46.3 Å². The predicted molar refractivity (Wildman–Crippen MR) is 104 cm³/mol. The molecule has 0 aliphatic carbocycles. The molecule has 1 atom stereocenters. The third-order valence-corrected chi connectivity index (χ3v) is 4.03. The minimum Gasteiger partial charge on any atom is -0.493 e. The Morgan fingerprint density at radius 1 is 1.18 bits per heavy atom. The van der Waals surface area contributed by atoms with E-state index in [0.29, 0.717) is 11.1 Å². The van der Waals surface area contributed by atoms with E-state index in [-0.39, 0.29) is 34.8 Å². The second-order valence-electron chi connectivity index (χ2n) is 6.81. The van der Waals surface area contributed by atoms with Crippen LogP contribution in [0.15, 0.2) is 39.6 Å². The molecule has 0 radical (unpaired) electrons. The van der Waals surface area contributed by atoms with Crippen LogP contribution in [0.5, 0.6) is 11.5 Å². The van der Waals surface area contributed by atoms with Crippen molar-refractivity contribution in [3.8, 4) is 11.5 Å². The summed E-state index contributed by atoms with van der Waals surface area (Å²) in [6, 6.07) is 4.39. The molecule has 0 bridgehead atoms. The largest absolute Gasteiger partial charge is 0.493 e. The molecule has 2 aromatic rings. The summed E-state index contributed by atoms with van der Waals surface area (Å²) in [5.41, 5.74) is -0.239. The molecule has 1 heterocycles. The van der Waals surface area contributed by atoms with Crippen LogP contribution in [0.25, 0.3) is 11.0 Å². The first-order valence-corrected chi connectivity index (χ1v) is 8.77. The van der Waals surface area contributed by atoms with Gasteiger partial charge in [0.15, 0.2) is 17.6 Å². The van der Waals surface area contributed by atoms with E-state index in [2.05, 4.69) is 6.58 Å². The Morgan fingerprint density at radius 2 is 1.86 bits per heavy atom. The van der Waals surface area contributed by atoms with Crippen LogP contribution in [0.4, 0.5) is 0 Å². The molecule has 0 spiro atoms. The number of esters is 1. The second kappa shape index (κ2) is 8.73. The minimum absolute atomic E-state index is 0.0370. The van der Waals surface area contributed by atoms with Crippen LogP contribution in [0, 0.1) is 5.92 Å². The van der Waals surface area contributed by atoms with Crippen LogP contribution in [-0.4, -0.2) is 26.0 Å². The molecule has 0 aliphatic rings. The van der Waals surface area contributed by atoms with E-state index in [4.69, 9.17) is 18.6 Å². The quantitative estimate of drug-likeness (QED) is 0.388. The van der Waals surface area contributed by atoms with E-state index in [1.807, 2.05) is 13.8 Å². The fraction of sp³-hybridized carbons (Fsp3) is 0.381. The molecule has 0 saturated heterocycles. The molecule has 1 unspecified atom stereocenters. The average molecular weight is 388 g/mol. The molecular weight excluding hydrogens is 364 g/mol. The van der Waals surface area contributed by atoms with Gasteiger partial charge in [0.2, 0.25) is 5.78 Å². The van der Waals surface area contributed by atoms with Gasteiger partial charge < -0.3 is 18.6 Å². The fourth-order valence-corrected chi connectivity index (χ4v) is 2.77. The Hall–Kier alpha value is -3.09. The molecule has 0 amide bonds. The fourth-order valence-electron chi connectivity index (χ4n) is 2.77. The third-order valence-electron chi connectivity index (χ3n) is 4.03. The molecule has 7 nitrogen and oxygen atoms in total. The van der Waals surface area contributed by atoms with Gasteiger partial charge in [-0.15, -0.1) is 0 Å². The smallest absolute Gasteiger partial charge is 0.336 e. The van der Waals surface area contributed by atoms with Crippen molar-refractivity contribution in [3.63, 3.8) is 0 Å². The number of methoxy groups -OCH3 is 2. The Bertz CT molecular complexity index is 969. The lowest BCUT2D eigenvalue weighted by Gasteiger charge is -2.22. The lowest BCUT2D eigenvalue weighted by atomic mass is 9.97. The number of benzene rings is 1. The normalized spacial score (nSPS) is 11.9. The highest BCUT2D eigenvalue weighted by molar-refractivity contribution is 6.02. The van der Waals surface area contributed by atoms with Gasteiger partial charge in [0.1, 0.15) is 5.58 Å². The van der Waals surface area contributed by atoms with E-state index in [9.17, 15) is 14.4 Å². The summed E-state index contributed by atoms with van der Waals surface area (Å²) in [5.74, 6) is -0.614. The highest BCUT2D eigenvalue weighted by atomic mass is 16.6. The number of carbonyl (C=O) groups excluding carboxylic acids is 2. The zero-order valence-corrected chi connectivity index (χ0v) is 16.7. The Morgan fingerprint density at radius 3 is 2.39 bits per heavy atom. The maximum atomic E-state index is 12.9. The molecule has 7 heteroatoms. The number of hydrogen-bond donors (Lipinski definition) is 0. The van der Waals surface area contributed by atoms with Crippen molar-refractivity contribution < 1.29 is 28.2 Å². The van der Waals surface area contributed by atoms with Crippen molar-refractivity contribution in [2.45, 2.75) is 33.3 Å². The zero-order chi connectivity index (χ0) is 21.0. The standard InChI is InChI=1S/C21H24O7/c1-11(2)9-16(23)28-21(18(24)12(3)4)17-19-13(7-8-15(22)27-19)10-14(25-5)20(17)26-6/h7-8,10-11,21H,3,9H2,1-2,4-6H3. The average Bonchev–Trinajstić information content (AvgIpc) is 2.63. The van der Waals surface area contributed by atoms with Crippen molar-refractivity contribution in [2.75, 3.05) is 14.2 Å². The summed E-state index contributed by atoms with van der Waals surface area (Å²) in [7, 11) is 2.82. The molecule has 150 valence electrons. The van der Waals surface area contributed by atoms with E-state index < -0.39 is 23.5 Å². The molecule has 0 fully saturated rings. The summed E-state index contributed by atoms with van der Waals surface area (Å²) < 4.78 is 21.6. The zero-order valence-electron chi connectivity index (χ0n) is 16.7.